The van der Waals surface area contributed by atoms with Crippen molar-refractivity contribution in [1.82, 2.24) is 29.7 Å². The second kappa shape index (κ2) is 13.3. The lowest BCUT2D eigenvalue weighted by Gasteiger charge is -2.38. The van der Waals surface area contributed by atoms with Crippen molar-refractivity contribution >= 4 is 45.0 Å². The van der Waals surface area contributed by atoms with E-state index in [2.05, 4.69) is 26.7 Å². The number of ether oxygens (including phenoxy) is 1. The van der Waals surface area contributed by atoms with Crippen molar-refractivity contribution < 1.29 is 18.3 Å². The molecule has 0 bridgehead atoms. The highest BCUT2D eigenvalue weighted by atomic mass is 35.5. The zero-order valence-electron chi connectivity index (χ0n) is 28.5. The highest BCUT2D eigenvalue weighted by Gasteiger charge is 2.49. The average molecular weight is 702 g/mol. The first-order valence-electron chi connectivity index (χ1n) is 17.7. The highest BCUT2D eigenvalue weighted by molar-refractivity contribution is 6.36. The van der Waals surface area contributed by atoms with Crippen LogP contribution in [-0.2, 0) is 4.79 Å². The Kier molecular flexibility index (Phi) is 8.85. The number of alkyl halides is 1. The van der Waals surface area contributed by atoms with Crippen LogP contribution in [-0.4, -0.2) is 112 Å². The van der Waals surface area contributed by atoms with E-state index < -0.39 is 17.5 Å². The van der Waals surface area contributed by atoms with Gasteiger partial charge in [0, 0.05) is 80.0 Å². The van der Waals surface area contributed by atoms with E-state index >= 15 is 4.39 Å². The van der Waals surface area contributed by atoms with Crippen molar-refractivity contribution in [2.75, 3.05) is 57.8 Å². The zero-order valence-corrected chi connectivity index (χ0v) is 29.3. The Hall–Kier alpha value is -3.93. The summed E-state index contributed by atoms with van der Waals surface area (Å²) >= 11 is 6.63. The molecule has 4 fully saturated rings. The van der Waals surface area contributed by atoms with Gasteiger partial charge in [0.1, 0.15) is 29.8 Å². The number of carbonyl (C=O) groups excluding carboxylic acids is 1. The summed E-state index contributed by atoms with van der Waals surface area (Å²) in [5, 5.41) is 2.52. The number of likely N-dealkylation sites (tertiary alicyclic amines) is 2. The number of hydrogen-bond donors (Lipinski definition) is 0. The van der Waals surface area contributed by atoms with Crippen LogP contribution in [0.3, 0.4) is 0 Å². The monoisotopic (exact) mass is 701 g/mol. The van der Waals surface area contributed by atoms with Crippen LogP contribution in [0.2, 0.25) is 5.02 Å². The third kappa shape index (κ3) is 5.86. The molecule has 9 nitrogen and oxygen atoms in total. The maximum atomic E-state index is 16.8. The summed E-state index contributed by atoms with van der Waals surface area (Å²) in [6.07, 6.45) is 8.43. The molecule has 4 aromatic rings. The standard InChI is InChI=1S/C38H42ClF2N7O2/c1-3-46-17-13-26(46)11-12-31(49)47-18-14-27(22-47)45(2)36-29-20-42-34(28-9-4-7-24-8-5-10-30(39)32(24)28)33(41)35(29)43-37(44-36)50-23-38-15-6-16-48(38)21-25(40)19-38/h4-5,7-12,20,25-27H,3,6,13-19,21-23H2,1-2H3/b12-11+/t25-,26?,27-,38+/m1/s1. The normalized spacial score (nSPS) is 25.5. The van der Waals surface area contributed by atoms with E-state index in [1.165, 1.54) is 0 Å². The van der Waals surface area contributed by atoms with E-state index in [1.54, 1.807) is 18.3 Å². The minimum Gasteiger partial charge on any atom is -0.461 e. The zero-order chi connectivity index (χ0) is 34.6. The van der Waals surface area contributed by atoms with Crippen molar-refractivity contribution in [3.8, 4) is 17.3 Å². The fraction of sp³-hybridized carbons (Fsp3) is 0.474. The number of likely N-dealkylation sites (N-methyl/N-ethyl adjacent to an activating group) is 2. The molecule has 1 unspecified atom stereocenters. The Labute approximate surface area is 295 Å². The molecule has 50 heavy (non-hydrogen) atoms. The van der Waals surface area contributed by atoms with Crippen LogP contribution < -0.4 is 9.64 Å². The van der Waals surface area contributed by atoms with E-state index in [1.807, 2.05) is 53.3 Å². The number of hydrogen-bond acceptors (Lipinski definition) is 8. The largest absolute Gasteiger partial charge is 0.461 e. The van der Waals surface area contributed by atoms with Gasteiger partial charge in [0.05, 0.1) is 10.9 Å². The Morgan fingerprint density at radius 3 is 2.78 bits per heavy atom. The Morgan fingerprint density at radius 2 is 1.98 bits per heavy atom. The molecule has 6 heterocycles. The van der Waals surface area contributed by atoms with Crippen molar-refractivity contribution in [3.05, 3.63) is 65.6 Å². The van der Waals surface area contributed by atoms with Gasteiger partial charge in [-0.25, -0.2) is 8.78 Å². The van der Waals surface area contributed by atoms with Crippen LogP contribution in [0.15, 0.2) is 54.7 Å². The van der Waals surface area contributed by atoms with Crippen molar-refractivity contribution in [1.29, 1.82) is 0 Å². The van der Waals surface area contributed by atoms with Gasteiger partial charge < -0.3 is 14.5 Å². The second-order valence-corrected chi connectivity index (χ2v) is 14.6. The Balaban J connectivity index is 1.13. The third-order valence-corrected chi connectivity index (χ3v) is 11.7. The molecule has 8 rings (SSSR count). The molecule has 4 aliphatic heterocycles. The molecule has 4 aliphatic rings. The Bertz CT molecular complexity index is 1970. The van der Waals surface area contributed by atoms with E-state index in [-0.39, 0.29) is 35.8 Å². The minimum atomic E-state index is -0.904. The molecule has 262 valence electrons. The lowest BCUT2D eigenvalue weighted by molar-refractivity contribution is -0.125. The van der Waals surface area contributed by atoms with E-state index in [4.69, 9.17) is 21.3 Å². The van der Waals surface area contributed by atoms with Gasteiger partial charge in [-0.3, -0.25) is 19.6 Å². The molecule has 12 heteroatoms. The molecule has 1 amide bonds. The number of rotatable bonds is 9. The van der Waals surface area contributed by atoms with Gasteiger partial charge >= 0.3 is 6.01 Å². The fourth-order valence-corrected chi connectivity index (χ4v) is 8.77. The molecule has 2 aromatic heterocycles. The topological polar surface area (TPSA) is 77.9 Å². The molecule has 0 aliphatic carbocycles. The van der Waals surface area contributed by atoms with Crippen molar-refractivity contribution in [2.45, 2.75) is 62.8 Å². The predicted octanol–water partition coefficient (Wildman–Crippen LogP) is 6.28. The van der Waals surface area contributed by atoms with Crippen molar-refractivity contribution in [2.24, 2.45) is 0 Å². The molecule has 4 saturated heterocycles. The Morgan fingerprint density at radius 1 is 1.14 bits per heavy atom. The fourth-order valence-electron chi connectivity index (χ4n) is 8.48. The lowest BCUT2D eigenvalue weighted by Crippen LogP contribution is -2.46. The van der Waals surface area contributed by atoms with Crippen LogP contribution in [0.5, 0.6) is 6.01 Å². The molecule has 0 saturated carbocycles. The summed E-state index contributed by atoms with van der Waals surface area (Å²) in [6, 6.07) is 11.5. The molecule has 4 atom stereocenters. The average Bonchev–Trinajstić information content (AvgIpc) is 3.82. The summed E-state index contributed by atoms with van der Waals surface area (Å²) in [4.78, 5) is 35.6. The highest BCUT2D eigenvalue weighted by Crippen LogP contribution is 2.41. The number of nitrogens with zero attached hydrogens (tertiary/aromatic N) is 7. The SMILES string of the molecule is CCN1CCC1/C=C/C(=O)N1CC[C@@H](N(C)c2nc(OC[C@@]34CCCN3C[C@H](F)C4)nc3c(F)c(-c4cccc5cccc(Cl)c45)ncc23)C1. The maximum absolute atomic E-state index is 16.8. The van der Waals surface area contributed by atoms with Gasteiger partial charge in [0.15, 0.2) is 5.82 Å². The van der Waals surface area contributed by atoms with E-state index in [9.17, 15) is 9.18 Å². The summed E-state index contributed by atoms with van der Waals surface area (Å²) in [6.45, 7) is 6.73. The number of fused-ring (bicyclic) bond motifs is 3. The molecule has 2 aromatic carbocycles. The van der Waals surface area contributed by atoms with E-state index in [0.717, 1.165) is 50.7 Å². The molecule has 0 N–H and O–H groups in total. The number of halogens is 3. The number of pyridine rings is 1. The van der Waals surface area contributed by atoms with Gasteiger partial charge in [-0.05, 0) is 50.2 Å². The van der Waals surface area contributed by atoms with Gasteiger partial charge in [-0.1, -0.05) is 54.9 Å². The lowest BCUT2D eigenvalue weighted by atomic mass is 9.95. The van der Waals surface area contributed by atoms with Gasteiger partial charge in [-0.15, -0.1) is 0 Å². The van der Waals surface area contributed by atoms with Crippen LogP contribution in [0.1, 0.15) is 39.0 Å². The minimum absolute atomic E-state index is 0.00497. The number of carbonyl (C=O) groups is 1. The molecular weight excluding hydrogens is 660 g/mol. The summed E-state index contributed by atoms with van der Waals surface area (Å²) in [7, 11) is 1.91. The number of benzene rings is 2. The molecule has 0 radical (unpaired) electrons. The quantitative estimate of drug-likeness (QED) is 0.189. The second-order valence-electron chi connectivity index (χ2n) is 14.2. The summed E-state index contributed by atoms with van der Waals surface area (Å²) in [5.41, 5.74) is 0.352. The first-order chi connectivity index (χ1) is 24.2. The third-order valence-electron chi connectivity index (χ3n) is 11.4. The van der Waals surface area contributed by atoms with Crippen LogP contribution >= 0.6 is 11.6 Å². The predicted molar refractivity (Wildman–Crippen MR) is 192 cm³/mol. The first-order valence-corrected chi connectivity index (χ1v) is 18.1. The molecule has 0 spiro atoms. The van der Waals surface area contributed by atoms with Crippen LogP contribution in [0.4, 0.5) is 14.6 Å². The van der Waals surface area contributed by atoms with E-state index in [0.29, 0.717) is 59.3 Å². The number of anilines is 1. The van der Waals surface area contributed by atoms with Gasteiger partial charge in [0.2, 0.25) is 5.91 Å². The number of amides is 1. The molecular formula is C38H42ClF2N7O2. The van der Waals surface area contributed by atoms with Crippen LogP contribution in [0.25, 0.3) is 32.9 Å². The smallest absolute Gasteiger partial charge is 0.319 e. The van der Waals surface area contributed by atoms with Gasteiger partial charge in [0.25, 0.3) is 0 Å². The number of aromatic nitrogens is 3. The summed E-state index contributed by atoms with van der Waals surface area (Å²) in [5.74, 6) is -0.139. The van der Waals surface area contributed by atoms with Crippen LogP contribution in [0, 0.1) is 5.82 Å². The first kappa shape index (κ1) is 33.2. The van der Waals surface area contributed by atoms with Gasteiger partial charge in [-0.2, -0.15) is 9.97 Å². The van der Waals surface area contributed by atoms with Crippen molar-refractivity contribution in [3.63, 3.8) is 0 Å². The summed E-state index contributed by atoms with van der Waals surface area (Å²) < 4.78 is 37.7. The maximum Gasteiger partial charge on any atom is 0.319 e.